The Morgan fingerprint density at radius 1 is 1.07 bits per heavy atom. The van der Waals surface area contributed by atoms with Crippen LogP contribution in [0.3, 0.4) is 0 Å². The predicted octanol–water partition coefficient (Wildman–Crippen LogP) is 1.75. The molecule has 1 aliphatic heterocycles. The zero-order chi connectivity index (χ0) is 20.6. The first kappa shape index (κ1) is 20.8. The fourth-order valence-corrected chi connectivity index (χ4v) is 3.30. The first-order valence-electron chi connectivity index (χ1n) is 9.62. The number of carbonyl (C=O) groups is 1. The van der Waals surface area contributed by atoms with E-state index < -0.39 is 12.1 Å². The lowest BCUT2D eigenvalue weighted by atomic mass is 10.2. The summed E-state index contributed by atoms with van der Waals surface area (Å²) in [7, 11) is 1.67. The van der Waals surface area contributed by atoms with Crippen molar-refractivity contribution < 1.29 is 19.4 Å². The lowest BCUT2D eigenvalue weighted by Gasteiger charge is -2.36. The number of hydrogen-bond donors (Lipinski definition) is 3. The van der Waals surface area contributed by atoms with E-state index in [1.165, 1.54) is 5.69 Å². The fraction of sp³-hybridized carbons (Fsp3) is 0.381. The molecule has 1 unspecified atom stereocenters. The normalized spacial score (nSPS) is 15.6. The Bertz CT molecular complexity index is 774. The van der Waals surface area contributed by atoms with Gasteiger partial charge in [-0.15, -0.1) is 0 Å². The Balaban J connectivity index is 1.39. The summed E-state index contributed by atoms with van der Waals surface area (Å²) in [6.45, 7) is 4.37. The van der Waals surface area contributed by atoms with Gasteiger partial charge >= 0.3 is 6.03 Å². The first-order valence-corrected chi connectivity index (χ1v) is 9.62. The number of rotatable bonds is 8. The minimum Gasteiger partial charge on any atom is -0.497 e. The average molecular weight is 400 g/mol. The van der Waals surface area contributed by atoms with Gasteiger partial charge in [-0.05, 0) is 48.5 Å². The van der Waals surface area contributed by atoms with Crippen LogP contribution in [-0.4, -0.2) is 68.6 Å². The van der Waals surface area contributed by atoms with Gasteiger partial charge in [-0.2, -0.15) is 0 Å². The van der Waals surface area contributed by atoms with Crippen molar-refractivity contribution in [3.8, 4) is 11.5 Å². The number of piperazine rings is 1. The first-order chi connectivity index (χ1) is 14.0. The largest absolute Gasteiger partial charge is 0.497 e. The highest BCUT2D eigenvalue weighted by atomic mass is 16.5. The van der Waals surface area contributed by atoms with Crippen molar-refractivity contribution in [2.24, 2.45) is 5.73 Å². The van der Waals surface area contributed by atoms with Crippen LogP contribution in [0.25, 0.3) is 0 Å². The van der Waals surface area contributed by atoms with Crippen molar-refractivity contribution in [1.82, 2.24) is 4.90 Å². The van der Waals surface area contributed by atoms with Crippen molar-refractivity contribution >= 4 is 17.4 Å². The SMILES string of the molecule is COc1ccc(N2CCN(CC(O)COc3ccc(NC(N)=O)cc3)CC2)cc1. The second kappa shape index (κ2) is 9.99. The number of ether oxygens (including phenoxy) is 2. The molecule has 0 bridgehead atoms. The third kappa shape index (κ3) is 6.27. The molecule has 1 fully saturated rings. The number of urea groups is 1. The molecule has 1 aliphatic rings. The van der Waals surface area contributed by atoms with Crippen molar-refractivity contribution in [3.63, 3.8) is 0 Å². The van der Waals surface area contributed by atoms with E-state index in [2.05, 4.69) is 27.2 Å². The van der Waals surface area contributed by atoms with E-state index >= 15 is 0 Å². The van der Waals surface area contributed by atoms with E-state index in [0.29, 0.717) is 18.0 Å². The Hall–Kier alpha value is -2.97. The van der Waals surface area contributed by atoms with Crippen LogP contribution in [0.2, 0.25) is 0 Å². The summed E-state index contributed by atoms with van der Waals surface area (Å²) in [5.41, 5.74) is 6.86. The molecule has 8 nitrogen and oxygen atoms in total. The number of aliphatic hydroxyl groups is 1. The lowest BCUT2D eigenvalue weighted by molar-refractivity contribution is 0.0663. The Kier molecular flexibility index (Phi) is 7.15. The second-order valence-electron chi connectivity index (χ2n) is 6.96. The standard InChI is InChI=1S/C21H28N4O4/c1-28-19-8-4-17(5-9-19)25-12-10-24(11-13-25)14-18(26)15-29-20-6-2-16(3-7-20)23-21(22)27/h2-9,18,26H,10-15H2,1H3,(H3,22,23,27). The maximum atomic E-state index is 10.8. The van der Waals surface area contributed by atoms with Crippen LogP contribution in [0.5, 0.6) is 11.5 Å². The van der Waals surface area contributed by atoms with Crippen LogP contribution < -0.4 is 25.4 Å². The van der Waals surface area contributed by atoms with Gasteiger partial charge in [-0.1, -0.05) is 0 Å². The van der Waals surface area contributed by atoms with Crippen LogP contribution in [0, 0.1) is 0 Å². The number of primary amides is 1. The number of aliphatic hydroxyl groups excluding tert-OH is 1. The van der Waals surface area contributed by atoms with E-state index in [-0.39, 0.29) is 6.61 Å². The summed E-state index contributed by atoms with van der Waals surface area (Å²) in [5, 5.41) is 12.8. The van der Waals surface area contributed by atoms with Crippen LogP contribution in [0.4, 0.5) is 16.2 Å². The quantitative estimate of drug-likeness (QED) is 0.624. The summed E-state index contributed by atoms with van der Waals surface area (Å²) >= 11 is 0. The maximum absolute atomic E-state index is 10.8. The molecule has 2 amide bonds. The summed E-state index contributed by atoms with van der Waals surface area (Å²) in [6.07, 6.45) is -0.578. The molecular weight excluding hydrogens is 372 g/mol. The molecule has 3 rings (SSSR count). The van der Waals surface area contributed by atoms with Gasteiger partial charge < -0.3 is 30.5 Å². The number of nitrogens with zero attached hydrogens (tertiary/aromatic N) is 2. The van der Waals surface area contributed by atoms with Crippen molar-refractivity contribution in [2.75, 3.05) is 56.7 Å². The highest BCUT2D eigenvalue weighted by Gasteiger charge is 2.20. The highest BCUT2D eigenvalue weighted by molar-refractivity contribution is 5.87. The maximum Gasteiger partial charge on any atom is 0.316 e. The van der Waals surface area contributed by atoms with Gasteiger partial charge in [0, 0.05) is 44.1 Å². The van der Waals surface area contributed by atoms with Crippen molar-refractivity contribution in [1.29, 1.82) is 0 Å². The van der Waals surface area contributed by atoms with E-state index in [1.807, 2.05) is 12.1 Å². The predicted molar refractivity (Wildman–Crippen MR) is 113 cm³/mol. The zero-order valence-corrected chi connectivity index (χ0v) is 16.6. The number of amides is 2. The van der Waals surface area contributed by atoms with Gasteiger partial charge in [0.1, 0.15) is 24.2 Å². The molecule has 8 heteroatoms. The van der Waals surface area contributed by atoms with Crippen molar-refractivity contribution in [2.45, 2.75) is 6.10 Å². The third-order valence-corrected chi connectivity index (χ3v) is 4.84. The number of β-amino-alcohol motifs (C(OH)–C–C–N with tert-alkyl or cyclic N) is 1. The molecule has 156 valence electrons. The molecule has 0 aliphatic carbocycles. The number of benzene rings is 2. The number of anilines is 2. The monoisotopic (exact) mass is 400 g/mol. The topological polar surface area (TPSA) is 100 Å². The third-order valence-electron chi connectivity index (χ3n) is 4.84. The molecule has 0 spiro atoms. The Labute approximate surface area is 170 Å². The van der Waals surface area contributed by atoms with Gasteiger partial charge in [0.15, 0.2) is 0 Å². The van der Waals surface area contributed by atoms with E-state index in [0.717, 1.165) is 31.9 Å². The zero-order valence-electron chi connectivity index (χ0n) is 16.6. The number of methoxy groups -OCH3 is 1. The molecule has 1 heterocycles. The lowest BCUT2D eigenvalue weighted by Crippen LogP contribution is -2.49. The van der Waals surface area contributed by atoms with Gasteiger partial charge in [0.2, 0.25) is 0 Å². The Morgan fingerprint density at radius 2 is 1.69 bits per heavy atom. The average Bonchev–Trinajstić information content (AvgIpc) is 2.73. The van der Waals surface area contributed by atoms with Gasteiger partial charge in [-0.25, -0.2) is 4.79 Å². The fourth-order valence-electron chi connectivity index (χ4n) is 3.30. The summed E-state index contributed by atoms with van der Waals surface area (Å²) in [5.74, 6) is 1.48. The molecule has 0 aromatic heterocycles. The minimum absolute atomic E-state index is 0.210. The highest BCUT2D eigenvalue weighted by Crippen LogP contribution is 2.21. The molecular formula is C21H28N4O4. The second-order valence-corrected chi connectivity index (χ2v) is 6.96. The number of nitrogens with one attached hydrogen (secondary N) is 1. The molecule has 0 radical (unpaired) electrons. The molecule has 2 aromatic rings. The van der Waals surface area contributed by atoms with Crippen LogP contribution in [0.1, 0.15) is 0 Å². The van der Waals surface area contributed by atoms with Crippen LogP contribution in [-0.2, 0) is 0 Å². The van der Waals surface area contributed by atoms with E-state index in [1.54, 1.807) is 31.4 Å². The smallest absolute Gasteiger partial charge is 0.316 e. The van der Waals surface area contributed by atoms with E-state index in [9.17, 15) is 9.90 Å². The molecule has 0 saturated carbocycles. The number of carbonyl (C=O) groups excluding carboxylic acids is 1. The molecule has 4 N–H and O–H groups in total. The van der Waals surface area contributed by atoms with Gasteiger partial charge in [0.25, 0.3) is 0 Å². The van der Waals surface area contributed by atoms with E-state index in [4.69, 9.17) is 15.2 Å². The van der Waals surface area contributed by atoms with Gasteiger partial charge in [-0.3, -0.25) is 4.90 Å². The molecule has 1 saturated heterocycles. The van der Waals surface area contributed by atoms with Gasteiger partial charge in [0.05, 0.1) is 7.11 Å². The molecule has 29 heavy (non-hydrogen) atoms. The van der Waals surface area contributed by atoms with Crippen molar-refractivity contribution in [3.05, 3.63) is 48.5 Å². The number of hydrogen-bond acceptors (Lipinski definition) is 6. The minimum atomic E-state index is -0.610. The summed E-state index contributed by atoms with van der Waals surface area (Å²) < 4.78 is 10.8. The molecule has 2 aromatic carbocycles. The van der Waals surface area contributed by atoms with Crippen LogP contribution >= 0.6 is 0 Å². The number of nitrogens with two attached hydrogens (primary N) is 1. The Morgan fingerprint density at radius 3 is 2.28 bits per heavy atom. The molecule has 1 atom stereocenters. The van der Waals surface area contributed by atoms with Crippen LogP contribution in [0.15, 0.2) is 48.5 Å². The summed E-state index contributed by atoms with van der Waals surface area (Å²) in [4.78, 5) is 15.4. The summed E-state index contributed by atoms with van der Waals surface area (Å²) in [6, 6.07) is 14.3.